The number of thiazole rings is 1. The number of carbonyl (C=O) groups is 1. The van der Waals surface area contributed by atoms with Crippen molar-refractivity contribution in [3.05, 3.63) is 48.0 Å². The molecule has 0 radical (unpaired) electrons. The molecule has 2 aromatic carbocycles. The summed E-state index contributed by atoms with van der Waals surface area (Å²) in [6, 6.07) is 13.9. The summed E-state index contributed by atoms with van der Waals surface area (Å²) in [6.07, 6.45) is 0. The number of benzene rings is 2. The van der Waals surface area contributed by atoms with Gasteiger partial charge in [0.25, 0.3) is 0 Å². The maximum Gasteiger partial charge on any atom is 0.186 e. The lowest BCUT2D eigenvalue weighted by Crippen LogP contribution is -2.46. The van der Waals surface area contributed by atoms with Crippen molar-refractivity contribution in [2.45, 2.75) is 6.92 Å². The van der Waals surface area contributed by atoms with Gasteiger partial charge in [0.1, 0.15) is 5.75 Å². The molecule has 0 bridgehead atoms. The second kappa shape index (κ2) is 6.96. The van der Waals surface area contributed by atoms with Crippen LogP contribution in [-0.2, 0) is 0 Å². The number of methoxy groups -OCH3 is 1. The third-order valence-corrected chi connectivity index (χ3v) is 5.85. The number of piperazine rings is 1. The van der Waals surface area contributed by atoms with Gasteiger partial charge in [-0.15, -0.1) is 0 Å². The van der Waals surface area contributed by atoms with Crippen molar-refractivity contribution < 1.29 is 9.53 Å². The van der Waals surface area contributed by atoms with E-state index in [4.69, 9.17) is 9.72 Å². The lowest BCUT2D eigenvalue weighted by Gasteiger charge is -2.36. The zero-order valence-corrected chi connectivity index (χ0v) is 15.8. The number of carbonyl (C=O) groups excluding carboxylic acids is 1. The number of anilines is 2. The Balaban J connectivity index is 1.45. The molecule has 0 spiro atoms. The minimum atomic E-state index is 0.105. The summed E-state index contributed by atoms with van der Waals surface area (Å²) in [5, 5.41) is 1.07. The first-order chi connectivity index (χ1) is 12.6. The van der Waals surface area contributed by atoms with Crippen LogP contribution in [0, 0.1) is 0 Å². The number of hydrogen-bond donors (Lipinski definition) is 0. The number of hydrogen-bond acceptors (Lipinski definition) is 6. The van der Waals surface area contributed by atoms with E-state index in [1.54, 1.807) is 25.4 Å². The van der Waals surface area contributed by atoms with E-state index in [0.717, 1.165) is 52.8 Å². The number of fused-ring (bicyclic) bond motifs is 1. The second-order valence-electron chi connectivity index (χ2n) is 6.41. The van der Waals surface area contributed by atoms with Crippen LogP contribution in [-0.4, -0.2) is 44.1 Å². The van der Waals surface area contributed by atoms with Crippen molar-refractivity contribution in [2.24, 2.45) is 0 Å². The van der Waals surface area contributed by atoms with Gasteiger partial charge in [-0.2, -0.15) is 0 Å². The average molecular weight is 367 g/mol. The van der Waals surface area contributed by atoms with Crippen LogP contribution >= 0.6 is 11.3 Å². The van der Waals surface area contributed by atoms with Crippen LogP contribution in [0.3, 0.4) is 0 Å². The van der Waals surface area contributed by atoms with Gasteiger partial charge in [0.05, 0.1) is 17.3 Å². The molecule has 0 unspecified atom stereocenters. The first-order valence-electron chi connectivity index (χ1n) is 8.69. The predicted molar refractivity (Wildman–Crippen MR) is 107 cm³/mol. The highest BCUT2D eigenvalue weighted by Crippen LogP contribution is 2.32. The number of nitrogens with zero attached hydrogens (tertiary/aromatic N) is 3. The molecule has 4 rings (SSSR count). The summed E-state index contributed by atoms with van der Waals surface area (Å²) in [6.45, 7) is 5.36. The van der Waals surface area contributed by atoms with Crippen LogP contribution in [0.15, 0.2) is 42.5 Å². The average Bonchev–Trinajstić information content (AvgIpc) is 3.11. The number of ether oxygens (including phenoxy) is 1. The van der Waals surface area contributed by atoms with E-state index in [1.165, 1.54) is 5.69 Å². The first kappa shape index (κ1) is 16.8. The predicted octanol–water partition coefficient (Wildman–Crippen LogP) is 3.83. The molecule has 2 heterocycles. The van der Waals surface area contributed by atoms with Crippen molar-refractivity contribution in [1.82, 2.24) is 4.98 Å². The molecule has 1 aliphatic rings. The molecule has 0 amide bonds. The number of Topliss-reactive ketones (excluding diaryl/α,β-unsaturated/α-hetero) is 1. The zero-order valence-electron chi connectivity index (χ0n) is 14.9. The normalized spacial score (nSPS) is 14.7. The van der Waals surface area contributed by atoms with Gasteiger partial charge in [0, 0.05) is 37.4 Å². The van der Waals surface area contributed by atoms with Crippen LogP contribution in [0.1, 0.15) is 17.3 Å². The minimum Gasteiger partial charge on any atom is -0.497 e. The molecule has 0 aliphatic carbocycles. The van der Waals surface area contributed by atoms with E-state index in [1.807, 2.05) is 42.5 Å². The summed E-state index contributed by atoms with van der Waals surface area (Å²) >= 11 is 1.71. The monoisotopic (exact) mass is 367 g/mol. The molecule has 1 aliphatic heterocycles. The van der Waals surface area contributed by atoms with E-state index in [-0.39, 0.29) is 5.78 Å². The van der Waals surface area contributed by atoms with Crippen molar-refractivity contribution in [3.63, 3.8) is 0 Å². The van der Waals surface area contributed by atoms with Crippen LogP contribution in [0.25, 0.3) is 10.2 Å². The highest BCUT2D eigenvalue weighted by Gasteiger charge is 2.20. The molecule has 0 N–H and O–H groups in total. The standard InChI is InChI=1S/C20H21N3O2S/c1-14(24)15-3-5-16(6-4-15)22-9-11-23(12-10-22)20-21-18-8-7-17(25-2)13-19(18)26-20/h3-8,13H,9-12H2,1-2H3. The fourth-order valence-electron chi connectivity index (χ4n) is 3.22. The van der Waals surface area contributed by atoms with Crippen LogP contribution < -0.4 is 14.5 Å². The largest absolute Gasteiger partial charge is 0.497 e. The van der Waals surface area contributed by atoms with E-state index in [2.05, 4.69) is 9.80 Å². The number of ketones is 1. The van der Waals surface area contributed by atoms with Gasteiger partial charge in [-0.3, -0.25) is 4.79 Å². The fourth-order valence-corrected chi connectivity index (χ4v) is 4.26. The van der Waals surface area contributed by atoms with Crippen LogP contribution in [0.4, 0.5) is 10.8 Å². The minimum absolute atomic E-state index is 0.105. The number of aromatic nitrogens is 1. The van der Waals surface area contributed by atoms with E-state index >= 15 is 0 Å². The van der Waals surface area contributed by atoms with Gasteiger partial charge < -0.3 is 14.5 Å². The lowest BCUT2D eigenvalue weighted by atomic mass is 10.1. The van der Waals surface area contributed by atoms with E-state index in [0.29, 0.717) is 0 Å². The molecule has 3 aromatic rings. The molecular formula is C20H21N3O2S. The molecule has 1 saturated heterocycles. The molecule has 6 heteroatoms. The lowest BCUT2D eigenvalue weighted by molar-refractivity contribution is 0.101. The van der Waals surface area contributed by atoms with Gasteiger partial charge in [-0.25, -0.2) is 4.98 Å². The molecule has 1 aromatic heterocycles. The summed E-state index contributed by atoms with van der Waals surface area (Å²) in [5.74, 6) is 0.973. The second-order valence-corrected chi connectivity index (χ2v) is 7.42. The Morgan fingerprint density at radius 1 is 1.04 bits per heavy atom. The number of rotatable bonds is 4. The summed E-state index contributed by atoms with van der Waals surface area (Å²) < 4.78 is 6.45. The van der Waals surface area contributed by atoms with Crippen molar-refractivity contribution in [3.8, 4) is 5.75 Å². The molecule has 26 heavy (non-hydrogen) atoms. The summed E-state index contributed by atoms with van der Waals surface area (Å²) in [7, 11) is 1.69. The third-order valence-electron chi connectivity index (χ3n) is 4.77. The third kappa shape index (κ3) is 3.24. The van der Waals surface area contributed by atoms with E-state index < -0.39 is 0 Å². The van der Waals surface area contributed by atoms with Gasteiger partial charge >= 0.3 is 0 Å². The summed E-state index contributed by atoms with van der Waals surface area (Å²) in [4.78, 5) is 20.9. The van der Waals surface area contributed by atoms with Crippen LogP contribution in [0.5, 0.6) is 5.75 Å². The first-order valence-corrected chi connectivity index (χ1v) is 9.51. The Labute approximate surface area is 156 Å². The molecule has 0 atom stereocenters. The molecule has 0 saturated carbocycles. The Morgan fingerprint density at radius 2 is 1.73 bits per heavy atom. The Bertz CT molecular complexity index is 928. The smallest absolute Gasteiger partial charge is 0.186 e. The van der Waals surface area contributed by atoms with E-state index in [9.17, 15) is 4.79 Å². The Kier molecular flexibility index (Phi) is 4.51. The Morgan fingerprint density at radius 3 is 2.38 bits per heavy atom. The maximum atomic E-state index is 11.4. The molecule has 5 nitrogen and oxygen atoms in total. The van der Waals surface area contributed by atoms with Gasteiger partial charge in [-0.1, -0.05) is 11.3 Å². The molecule has 134 valence electrons. The maximum absolute atomic E-state index is 11.4. The van der Waals surface area contributed by atoms with Gasteiger partial charge in [-0.05, 0) is 49.4 Å². The SMILES string of the molecule is COc1ccc2nc(N3CCN(c4ccc(C(C)=O)cc4)CC3)sc2c1. The zero-order chi connectivity index (χ0) is 18.1. The molecule has 1 fully saturated rings. The van der Waals surface area contributed by atoms with Crippen molar-refractivity contribution in [2.75, 3.05) is 43.1 Å². The quantitative estimate of drug-likeness (QED) is 0.656. The van der Waals surface area contributed by atoms with Crippen LogP contribution in [0.2, 0.25) is 0 Å². The van der Waals surface area contributed by atoms with Gasteiger partial charge in [0.15, 0.2) is 10.9 Å². The highest BCUT2D eigenvalue weighted by molar-refractivity contribution is 7.22. The topological polar surface area (TPSA) is 45.7 Å². The highest BCUT2D eigenvalue weighted by atomic mass is 32.1. The van der Waals surface area contributed by atoms with Crippen molar-refractivity contribution in [1.29, 1.82) is 0 Å². The van der Waals surface area contributed by atoms with Gasteiger partial charge in [0.2, 0.25) is 0 Å². The summed E-state index contributed by atoms with van der Waals surface area (Å²) in [5.41, 5.74) is 2.95. The fraction of sp³-hybridized carbons (Fsp3) is 0.300. The Hall–Kier alpha value is -2.60. The van der Waals surface area contributed by atoms with Crippen molar-refractivity contribution >= 4 is 38.2 Å². The molecular weight excluding hydrogens is 346 g/mol.